The fourth-order valence-corrected chi connectivity index (χ4v) is 4.24. The molecule has 4 rings (SSSR count). The maximum atomic E-state index is 13.0. The summed E-state index contributed by atoms with van der Waals surface area (Å²) in [5.41, 5.74) is 0.475. The summed E-state index contributed by atoms with van der Waals surface area (Å²) in [5.74, 6) is 1.47. The van der Waals surface area contributed by atoms with Gasteiger partial charge in [-0.1, -0.05) is 42.2 Å². The van der Waals surface area contributed by atoms with Crippen LogP contribution in [-0.2, 0) is 25.9 Å². The van der Waals surface area contributed by atoms with E-state index in [9.17, 15) is 9.59 Å². The van der Waals surface area contributed by atoms with Crippen molar-refractivity contribution in [2.45, 2.75) is 52.1 Å². The van der Waals surface area contributed by atoms with Gasteiger partial charge in [0.25, 0.3) is 5.56 Å². The summed E-state index contributed by atoms with van der Waals surface area (Å²) < 4.78 is 13.4. The molecule has 0 amide bonds. The Bertz CT molecular complexity index is 1420. The van der Waals surface area contributed by atoms with E-state index in [1.54, 1.807) is 13.2 Å². The van der Waals surface area contributed by atoms with Gasteiger partial charge in [-0.05, 0) is 30.5 Å². The van der Waals surface area contributed by atoms with E-state index < -0.39 is 11.2 Å². The van der Waals surface area contributed by atoms with Crippen LogP contribution in [0.3, 0.4) is 0 Å². The third-order valence-electron chi connectivity index (χ3n) is 5.45. The molecule has 180 valence electrons. The summed E-state index contributed by atoms with van der Waals surface area (Å²) >= 11 is 12.1. The molecule has 0 bridgehead atoms. The minimum absolute atomic E-state index is 0.0742. The number of aryl methyl sites for hydroxylation is 2. The normalized spacial score (nSPS) is 11.4. The van der Waals surface area contributed by atoms with Crippen LogP contribution in [0.5, 0.6) is 5.75 Å². The average molecular weight is 507 g/mol. The molecule has 3 heterocycles. The molecule has 0 aliphatic rings. The molecule has 1 N–H and O–H groups in total. The molecule has 12 heteroatoms. The second-order valence-electron chi connectivity index (χ2n) is 7.79. The number of para-hydroxylation sites is 1. The number of rotatable bonds is 10. The fourth-order valence-electron chi connectivity index (χ4n) is 3.80. The minimum Gasteiger partial charge on any atom is -0.495 e. The zero-order valence-electron chi connectivity index (χ0n) is 18.8. The maximum absolute atomic E-state index is 13.0. The molecule has 0 saturated heterocycles. The highest BCUT2D eigenvalue weighted by molar-refractivity contribution is 6.32. The molecule has 3 aromatic heterocycles. The number of fused-ring (bicyclic) bond motifs is 1. The van der Waals surface area contributed by atoms with E-state index in [1.165, 1.54) is 9.13 Å². The standard InChI is InChI=1S/C22H24Cl2N6O4/c1-3-4-10-29-19-17(26-21(24)27-19)20(31)30(22(29)32)11-6-9-15-25-16(34-28-15)12-13-7-5-8-14(23)18(13)33-2/h5,7-8H,3-4,6,9-12H2,1-2H3,(H,26,27). The number of benzene rings is 1. The number of H-pyrrole nitrogens is 1. The Morgan fingerprint density at radius 3 is 2.68 bits per heavy atom. The van der Waals surface area contributed by atoms with Crippen LogP contribution in [0.2, 0.25) is 10.3 Å². The molecule has 0 aliphatic carbocycles. The number of nitrogens with one attached hydrogen (secondary N) is 1. The number of methoxy groups -OCH3 is 1. The zero-order valence-corrected chi connectivity index (χ0v) is 20.3. The van der Waals surface area contributed by atoms with Crippen molar-refractivity contribution in [2.24, 2.45) is 0 Å². The van der Waals surface area contributed by atoms with Crippen molar-refractivity contribution in [3.8, 4) is 5.75 Å². The van der Waals surface area contributed by atoms with Crippen LogP contribution in [0.25, 0.3) is 11.2 Å². The number of hydrogen-bond acceptors (Lipinski definition) is 7. The molecule has 0 unspecified atom stereocenters. The van der Waals surface area contributed by atoms with Crippen molar-refractivity contribution in [3.63, 3.8) is 0 Å². The van der Waals surface area contributed by atoms with Gasteiger partial charge in [0, 0.05) is 25.1 Å². The molecule has 10 nitrogen and oxygen atoms in total. The van der Waals surface area contributed by atoms with Gasteiger partial charge in [0.1, 0.15) is 5.75 Å². The number of aromatic amines is 1. The number of halogens is 2. The summed E-state index contributed by atoms with van der Waals surface area (Å²) in [6.45, 7) is 2.67. The van der Waals surface area contributed by atoms with Gasteiger partial charge in [-0.2, -0.15) is 9.97 Å². The first-order valence-corrected chi connectivity index (χ1v) is 11.7. The lowest BCUT2D eigenvalue weighted by Gasteiger charge is -2.10. The molecular weight excluding hydrogens is 483 g/mol. The first-order chi connectivity index (χ1) is 16.4. The summed E-state index contributed by atoms with van der Waals surface area (Å²) in [6, 6.07) is 5.45. The first kappa shape index (κ1) is 24.0. The largest absolute Gasteiger partial charge is 0.495 e. The van der Waals surface area contributed by atoms with Crippen molar-refractivity contribution in [1.29, 1.82) is 0 Å². The third-order valence-corrected chi connectivity index (χ3v) is 5.93. The predicted molar refractivity (Wildman–Crippen MR) is 128 cm³/mol. The van der Waals surface area contributed by atoms with Crippen molar-refractivity contribution in [3.05, 3.63) is 66.6 Å². The SMILES string of the molecule is CCCCn1c(=O)n(CCCc2noc(Cc3cccc(Cl)c3OC)n2)c(=O)c2[nH]c(Cl)nc21. The Hall–Kier alpha value is -3.11. The van der Waals surface area contributed by atoms with Crippen molar-refractivity contribution in [2.75, 3.05) is 7.11 Å². The van der Waals surface area contributed by atoms with E-state index in [0.717, 1.165) is 18.4 Å². The number of unbranched alkanes of at least 4 members (excludes halogenated alkanes) is 1. The van der Waals surface area contributed by atoms with Crippen LogP contribution < -0.4 is 16.0 Å². The van der Waals surface area contributed by atoms with E-state index in [4.69, 9.17) is 32.5 Å². The van der Waals surface area contributed by atoms with Crippen molar-refractivity contribution >= 4 is 34.4 Å². The molecule has 34 heavy (non-hydrogen) atoms. The predicted octanol–water partition coefficient (Wildman–Crippen LogP) is 3.61. The average Bonchev–Trinajstić information content (AvgIpc) is 3.42. The van der Waals surface area contributed by atoms with Gasteiger partial charge >= 0.3 is 5.69 Å². The van der Waals surface area contributed by atoms with Crippen molar-refractivity contribution < 1.29 is 9.26 Å². The number of imidazole rings is 1. The van der Waals surface area contributed by atoms with Crippen LogP contribution in [0.1, 0.15) is 43.5 Å². The van der Waals surface area contributed by atoms with Gasteiger partial charge in [-0.25, -0.2) is 4.79 Å². The zero-order chi connectivity index (χ0) is 24.2. The van der Waals surface area contributed by atoms with Gasteiger partial charge in [-0.3, -0.25) is 13.9 Å². The summed E-state index contributed by atoms with van der Waals surface area (Å²) in [6.07, 6.45) is 2.94. The lowest BCUT2D eigenvalue weighted by Crippen LogP contribution is -2.40. The number of ether oxygens (including phenoxy) is 1. The van der Waals surface area contributed by atoms with Crippen LogP contribution >= 0.6 is 23.2 Å². The lowest BCUT2D eigenvalue weighted by molar-refractivity contribution is 0.373. The topological polar surface area (TPSA) is 121 Å². The van der Waals surface area contributed by atoms with E-state index in [0.29, 0.717) is 48.3 Å². The molecular formula is C22H24Cl2N6O4. The minimum atomic E-state index is -0.450. The second kappa shape index (κ2) is 10.4. The summed E-state index contributed by atoms with van der Waals surface area (Å²) in [4.78, 5) is 37.2. The maximum Gasteiger partial charge on any atom is 0.332 e. The molecule has 4 aromatic rings. The smallest absolute Gasteiger partial charge is 0.332 e. The van der Waals surface area contributed by atoms with Crippen LogP contribution in [0.4, 0.5) is 0 Å². The summed E-state index contributed by atoms with van der Waals surface area (Å²) in [7, 11) is 1.55. The highest BCUT2D eigenvalue weighted by atomic mass is 35.5. The Balaban J connectivity index is 1.49. The second-order valence-corrected chi connectivity index (χ2v) is 8.55. The molecule has 0 fully saturated rings. The molecule has 0 saturated carbocycles. The summed E-state index contributed by atoms with van der Waals surface area (Å²) in [5, 5.41) is 4.59. The van der Waals surface area contributed by atoms with Gasteiger partial charge in [0.15, 0.2) is 17.0 Å². The molecule has 0 aliphatic heterocycles. The Morgan fingerprint density at radius 2 is 1.91 bits per heavy atom. The van der Waals surface area contributed by atoms with Gasteiger partial charge in [0.2, 0.25) is 11.2 Å². The monoisotopic (exact) mass is 506 g/mol. The van der Waals surface area contributed by atoms with E-state index in [1.807, 2.05) is 19.1 Å². The molecule has 0 spiro atoms. The van der Waals surface area contributed by atoms with Crippen molar-refractivity contribution in [1.82, 2.24) is 29.2 Å². The van der Waals surface area contributed by atoms with E-state index in [2.05, 4.69) is 20.1 Å². The molecule has 0 atom stereocenters. The Kier molecular flexibility index (Phi) is 7.38. The molecule has 1 aromatic carbocycles. The first-order valence-electron chi connectivity index (χ1n) is 10.9. The Morgan fingerprint density at radius 1 is 1.12 bits per heavy atom. The molecule has 0 radical (unpaired) electrons. The quantitative estimate of drug-likeness (QED) is 0.326. The Labute approximate surface area is 204 Å². The highest BCUT2D eigenvalue weighted by Crippen LogP contribution is 2.29. The highest BCUT2D eigenvalue weighted by Gasteiger charge is 2.17. The lowest BCUT2D eigenvalue weighted by atomic mass is 10.1. The van der Waals surface area contributed by atoms with Gasteiger partial charge in [-0.15, -0.1) is 0 Å². The fraction of sp³-hybridized carbons (Fsp3) is 0.409. The third kappa shape index (κ3) is 4.88. The van der Waals surface area contributed by atoms with Gasteiger partial charge in [0.05, 0.1) is 18.6 Å². The van der Waals surface area contributed by atoms with E-state index in [-0.39, 0.29) is 23.0 Å². The number of hydrogen-bond donors (Lipinski definition) is 1. The van der Waals surface area contributed by atoms with Crippen LogP contribution in [0, 0.1) is 0 Å². The van der Waals surface area contributed by atoms with Crippen LogP contribution in [0.15, 0.2) is 32.3 Å². The number of aromatic nitrogens is 6. The number of nitrogens with zero attached hydrogens (tertiary/aromatic N) is 5. The van der Waals surface area contributed by atoms with Crippen LogP contribution in [-0.4, -0.2) is 36.4 Å². The van der Waals surface area contributed by atoms with Gasteiger partial charge < -0.3 is 14.2 Å². The van der Waals surface area contributed by atoms with E-state index >= 15 is 0 Å².